The van der Waals surface area contributed by atoms with Crippen LogP contribution in [0, 0.1) is 0 Å². The van der Waals surface area contributed by atoms with Crippen molar-refractivity contribution in [2.45, 2.75) is 45.2 Å². The molecule has 1 N–H and O–H groups in total. The van der Waals surface area contributed by atoms with Crippen LogP contribution < -0.4 is 5.32 Å². The summed E-state index contributed by atoms with van der Waals surface area (Å²) >= 11 is 0. The van der Waals surface area contributed by atoms with Crippen LogP contribution in [0.2, 0.25) is 0 Å². The summed E-state index contributed by atoms with van der Waals surface area (Å²) in [6.45, 7) is 9.22. The van der Waals surface area contributed by atoms with Gasteiger partial charge in [-0.15, -0.1) is 0 Å². The van der Waals surface area contributed by atoms with Crippen molar-refractivity contribution < 1.29 is 17.4 Å². The van der Waals surface area contributed by atoms with E-state index in [0.29, 0.717) is 31.3 Å². The number of aliphatic imine (C=N–C) groups is 1. The molecule has 26 heavy (non-hydrogen) atoms. The minimum absolute atomic E-state index is 0.278. The first-order chi connectivity index (χ1) is 11.9. The fourth-order valence-electron chi connectivity index (χ4n) is 2.16. The Morgan fingerprint density at radius 3 is 2.23 bits per heavy atom. The van der Waals surface area contributed by atoms with E-state index in [2.05, 4.69) is 10.3 Å². The highest BCUT2D eigenvalue weighted by Gasteiger charge is 2.30. The van der Waals surface area contributed by atoms with Crippen LogP contribution in [-0.2, 0) is 23.5 Å². The van der Waals surface area contributed by atoms with Crippen LogP contribution in [-0.4, -0.2) is 45.7 Å². The van der Waals surface area contributed by atoms with Crippen molar-refractivity contribution in [2.75, 3.05) is 25.9 Å². The molecule has 4 nitrogen and oxygen atoms in total. The SMILES string of the molecule is CCNC(=NCCS(=O)C(C)(C)C)N(C)Cc1ccc(C(F)(F)F)cc1. The standard InChI is InChI=1S/C18H28F3N3OS/c1-6-22-16(23-11-12-26(25)17(2,3)4)24(5)13-14-7-9-15(10-8-14)18(19,20)21/h7-10H,6,11-13H2,1-5H3,(H,22,23). The number of nitrogens with one attached hydrogen (secondary N) is 1. The summed E-state index contributed by atoms with van der Waals surface area (Å²) in [5, 5.41) is 3.15. The molecule has 0 spiro atoms. The topological polar surface area (TPSA) is 44.7 Å². The minimum Gasteiger partial charge on any atom is -0.357 e. The maximum absolute atomic E-state index is 12.6. The average molecular weight is 392 g/mol. The van der Waals surface area contributed by atoms with Crippen LogP contribution in [0.4, 0.5) is 13.2 Å². The normalized spacial score (nSPS) is 14.2. The second-order valence-corrected chi connectivity index (χ2v) is 9.27. The number of alkyl halides is 3. The summed E-state index contributed by atoms with van der Waals surface area (Å²) in [4.78, 5) is 6.32. The highest BCUT2D eigenvalue weighted by Crippen LogP contribution is 2.29. The Hall–Kier alpha value is -1.57. The van der Waals surface area contributed by atoms with Gasteiger partial charge in [-0.25, -0.2) is 0 Å². The van der Waals surface area contributed by atoms with Crippen LogP contribution >= 0.6 is 0 Å². The van der Waals surface area contributed by atoms with Crippen LogP contribution in [0.15, 0.2) is 29.3 Å². The van der Waals surface area contributed by atoms with Crippen LogP contribution in [0.3, 0.4) is 0 Å². The van der Waals surface area contributed by atoms with E-state index in [1.54, 1.807) is 0 Å². The summed E-state index contributed by atoms with van der Waals surface area (Å²) in [5.41, 5.74) is 0.0958. The van der Waals surface area contributed by atoms with Crippen molar-refractivity contribution in [1.82, 2.24) is 10.2 Å². The van der Waals surface area contributed by atoms with Gasteiger partial charge in [0.05, 0.1) is 12.1 Å². The zero-order valence-corrected chi connectivity index (χ0v) is 16.8. The van der Waals surface area contributed by atoms with Crippen molar-refractivity contribution in [3.8, 4) is 0 Å². The Morgan fingerprint density at radius 2 is 1.77 bits per heavy atom. The molecule has 1 aromatic carbocycles. The molecule has 1 rings (SSSR count). The number of halogens is 3. The van der Waals surface area contributed by atoms with Crippen molar-refractivity contribution >= 4 is 16.8 Å². The number of guanidine groups is 1. The van der Waals surface area contributed by atoms with Gasteiger partial charge in [-0.1, -0.05) is 12.1 Å². The van der Waals surface area contributed by atoms with Gasteiger partial charge in [-0.2, -0.15) is 13.2 Å². The summed E-state index contributed by atoms with van der Waals surface area (Å²) in [5.74, 6) is 1.10. The van der Waals surface area contributed by atoms with Crippen molar-refractivity contribution in [1.29, 1.82) is 0 Å². The first kappa shape index (κ1) is 22.5. The third kappa shape index (κ3) is 7.35. The predicted octanol–water partition coefficient (Wildman–Crippen LogP) is 3.65. The smallest absolute Gasteiger partial charge is 0.357 e. The van der Waals surface area contributed by atoms with Crippen molar-refractivity contribution in [3.05, 3.63) is 35.4 Å². The molecule has 0 saturated carbocycles. The van der Waals surface area contributed by atoms with Crippen LogP contribution in [0.25, 0.3) is 0 Å². The van der Waals surface area contributed by atoms with Gasteiger partial charge < -0.3 is 10.2 Å². The Morgan fingerprint density at radius 1 is 1.19 bits per heavy atom. The fraction of sp³-hybridized carbons (Fsp3) is 0.611. The Kier molecular flexibility index (Phi) is 8.12. The van der Waals surface area contributed by atoms with E-state index in [0.717, 1.165) is 17.7 Å². The quantitative estimate of drug-likeness (QED) is 0.595. The monoisotopic (exact) mass is 391 g/mol. The number of hydrogen-bond donors (Lipinski definition) is 1. The average Bonchev–Trinajstić information content (AvgIpc) is 2.52. The van der Waals surface area contributed by atoms with Gasteiger partial charge in [0.1, 0.15) is 0 Å². The van der Waals surface area contributed by atoms with E-state index >= 15 is 0 Å². The highest BCUT2D eigenvalue weighted by molar-refractivity contribution is 7.86. The molecule has 148 valence electrons. The molecule has 0 amide bonds. The third-order valence-corrected chi connectivity index (χ3v) is 5.54. The zero-order valence-electron chi connectivity index (χ0n) is 16.0. The van der Waals surface area contributed by atoms with Crippen LogP contribution in [0.1, 0.15) is 38.8 Å². The number of benzene rings is 1. The molecule has 1 unspecified atom stereocenters. The van der Waals surface area contributed by atoms with E-state index in [9.17, 15) is 17.4 Å². The molecule has 1 atom stereocenters. The second kappa shape index (κ2) is 9.39. The molecule has 0 heterocycles. The number of hydrogen-bond acceptors (Lipinski definition) is 2. The number of rotatable bonds is 6. The zero-order chi connectivity index (χ0) is 20.0. The van der Waals surface area contributed by atoms with Crippen molar-refractivity contribution in [3.63, 3.8) is 0 Å². The molecule has 8 heteroatoms. The summed E-state index contributed by atoms with van der Waals surface area (Å²) in [6, 6.07) is 5.11. The van der Waals surface area contributed by atoms with Gasteiger partial charge in [0.25, 0.3) is 0 Å². The van der Waals surface area contributed by atoms with E-state index in [1.807, 2.05) is 39.6 Å². The molecule has 0 aliphatic heterocycles. The molecule has 0 aliphatic carbocycles. The lowest BCUT2D eigenvalue weighted by atomic mass is 10.1. The molecule has 0 aliphatic rings. The molecule has 0 radical (unpaired) electrons. The molecule has 0 aromatic heterocycles. The summed E-state index contributed by atoms with van der Waals surface area (Å²) in [6.07, 6.45) is -4.33. The predicted molar refractivity (Wildman–Crippen MR) is 102 cm³/mol. The van der Waals surface area contributed by atoms with Gasteiger partial charge in [0, 0.05) is 41.4 Å². The van der Waals surface area contributed by atoms with Gasteiger partial charge in [0.15, 0.2) is 5.96 Å². The maximum atomic E-state index is 12.6. The van der Waals surface area contributed by atoms with Gasteiger partial charge in [-0.05, 0) is 45.4 Å². The molecular weight excluding hydrogens is 363 g/mol. The minimum atomic E-state index is -4.33. The van der Waals surface area contributed by atoms with Gasteiger partial charge >= 0.3 is 6.18 Å². The van der Waals surface area contributed by atoms with Gasteiger partial charge in [0.2, 0.25) is 0 Å². The Labute approximate surface area is 156 Å². The van der Waals surface area contributed by atoms with E-state index < -0.39 is 22.5 Å². The summed E-state index contributed by atoms with van der Waals surface area (Å²) < 4.78 is 49.7. The Bertz CT molecular complexity index is 622. The maximum Gasteiger partial charge on any atom is 0.416 e. The Balaban J connectivity index is 2.74. The van der Waals surface area contributed by atoms with Crippen molar-refractivity contribution in [2.24, 2.45) is 4.99 Å². The first-order valence-corrected chi connectivity index (χ1v) is 9.81. The molecule has 1 aromatic rings. The first-order valence-electron chi connectivity index (χ1n) is 8.49. The number of nitrogens with zero attached hydrogens (tertiary/aromatic N) is 2. The summed E-state index contributed by atoms with van der Waals surface area (Å²) in [7, 11) is 0.839. The van der Waals surface area contributed by atoms with E-state index in [4.69, 9.17) is 0 Å². The lowest BCUT2D eigenvalue weighted by molar-refractivity contribution is -0.137. The lowest BCUT2D eigenvalue weighted by Gasteiger charge is -2.23. The molecule has 0 saturated heterocycles. The fourth-order valence-corrected chi connectivity index (χ4v) is 3.03. The van der Waals surface area contributed by atoms with Crippen LogP contribution in [0.5, 0.6) is 0 Å². The largest absolute Gasteiger partial charge is 0.416 e. The lowest BCUT2D eigenvalue weighted by Crippen LogP contribution is -2.39. The van der Waals surface area contributed by atoms with Gasteiger partial charge in [-0.3, -0.25) is 9.20 Å². The van der Waals surface area contributed by atoms with E-state index in [1.165, 1.54) is 12.1 Å². The third-order valence-electron chi connectivity index (χ3n) is 3.62. The molecule has 0 fully saturated rings. The highest BCUT2D eigenvalue weighted by atomic mass is 32.2. The second-order valence-electron chi connectivity index (χ2n) is 6.95. The van der Waals surface area contributed by atoms with E-state index in [-0.39, 0.29) is 4.75 Å². The molecular formula is C18H28F3N3OS. The molecule has 0 bridgehead atoms.